The number of nitrogens with zero attached hydrogens (tertiary/aromatic N) is 1. The van der Waals surface area contributed by atoms with E-state index < -0.39 is 12.1 Å². The van der Waals surface area contributed by atoms with E-state index in [-0.39, 0.29) is 11.5 Å². The molecule has 1 aromatic heterocycles. The first-order valence-electron chi connectivity index (χ1n) is 11.1. The van der Waals surface area contributed by atoms with Gasteiger partial charge in [0.1, 0.15) is 17.6 Å². The van der Waals surface area contributed by atoms with Crippen LogP contribution in [-0.2, 0) is 0 Å². The minimum atomic E-state index is -1.10. The van der Waals surface area contributed by atoms with E-state index in [2.05, 4.69) is 5.16 Å². The molecule has 5 nitrogen and oxygen atoms in total. The summed E-state index contributed by atoms with van der Waals surface area (Å²) in [4.78, 5) is 11.2. The normalized spacial score (nSPS) is 12.4. The quantitative estimate of drug-likeness (QED) is 0.229. The van der Waals surface area contributed by atoms with E-state index in [4.69, 9.17) is 39.3 Å². The Morgan fingerprint density at radius 3 is 2.28 bits per heavy atom. The van der Waals surface area contributed by atoms with E-state index in [1.54, 1.807) is 66.7 Å². The van der Waals surface area contributed by atoms with Crippen LogP contribution in [0, 0.1) is 0 Å². The molecule has 0 aliphatic rings. The van der Waals surface area contributed by atoms with Crippen LogP contribution < -0.4 is 0 Å². The molecule has 1 unspecified atom stereocenters. The van der Waals surface area contributed by atoms with E-state index in [0.717, 1.165) is 5.56 Å². The van der Waals surface area contributed by atoms with Gasteiger partial charge in [0.2, 0.25) is 0 Å². The third-order valence-corrected chi connectivity index (χ3v) is 6.64. The van der Waals surface area contributed by atoms with Crippen LogP contribution in [0.3, 0.4) is 0 Å². The highest BCUT2D eigenvalue weighted by Crippen LogP contribution is 2.42. The van der Waals surface area contributed by atoms with Gasteiger partial charge in [-0.3, -0.25) is 0 Å². The highest BCUT2D eigenvalue weighted by Gasteiger charge is 2.29. The minimum Gasteiger partial charge on any atom is -0.478 e. The number of carboxylic acid groups (broad SMARTS) is 1. The maximum absolute atomic E-state index is 11.4. The van der Waals surface area contributed by atoms with Crippen LogP contribution in [0.25, 0.3) is 23.4 Å². The van der Waals surface area contributed by atoms with E-state index in [1.165, 1.54) is 6.07 Å². The predicted molar refractivity (Wildman–Crippen MR) is 144 cm³/mol. The largest absolute Gasteiger partial charge is 0.478 e. The standard InChI is InChI=1S/C28H22Cl3NO4/c1-15(2)27-24(25(32-36-27)23-20(29)7-4-8-21(23)30)26(33)18-12-11-17(22(31)14-18)10-9-16-5-3-6-19(13-16)28(34)35/h3-15,26,33H,1-2H3,(H,34,35). The number of hydrogen-bond acceptors (Lipinski definition) is 4. The van der Waals surface area contributed by atoms with Gasteiger partial charge in [-0.2, -0.15) is 0 Å². The highest BCUT2D eigenvalue weighted by molar-refractivity contribution is 6.39. The molecule has 4 rings (SSSR count). The third-order valence-electron chi connectivity index (χ3n) is 5.68. The summed E-state index contributed by atoms with van der Waals surface area (Å²) < 4.78 is 5.62. The Balaban J connectivity index is 1.70. The average molecular weight is 543 g/mol. The second-order valence-corrected chi connectivity index (χ2v) is 9.73. The maximum Gasteiger partial charge on any atom is 0.335 e. The van der Waals surface area contributed by atoms with Crippen molar-refractivity contribution in [1.29, 1.82) is 0 Å². The van der Waals surface area contributed by atoms with Gasteiger partial charge >= 0.3 is 5.97 Å². The molecular weight excluding hydrogens is 521 g/mol. The lowest BCUT2D eigenvalue weighted by Crippen LogP contribution is -2.05. The Hall–Kier alpha value is -3.09. The van der Waals surface area contributed by atoms with Crippen molar-refractivity contribution in [3.05, 3.63) is 109 Å². The molecule has 8 heteroatoms. The van der Waals surface area contributed by atoms with Gasteiger partial charge in [-0.15, -0.1) is 0 Å². The SMILES string of the molecule is CC(C)c1onc(-c2c(Cl)cccc2Cl)c1C(O)c1ccc(C=Cc2cccc(C(=O)O)c2)c(Cl)c1. The minimum absolute atomic E-state index is 0.0589. The molecule has 0 amide bonds. The number of carboxylic acids is 1. The van der Waals surface area contributed by atoms with Gasteiger partial charge in [0.15, 0.2) is 0 Å². The molecule has 1 atom stereocenters. The van der Waals surface area contributed by atoms with E-state index in [1.807, 2.05) is 13.8 Å². The molecule has 1 heterocycles. The van der Waals surface area contributed by atoms with E-state index >= 15 is 0 Å². The third kappa shape index (κ3) is 5.35. The van der Waals surface area contributed by atoms with Crippen LogP contribution in [0.5, 0.6) is 0 Å². The van der Waals surface area contributed by atoms with Crippen LogP contribution in [0.15, 0.2) is 65.2 Å². The van der Waals surface area contributed by atoms with Crippen LogP contribution >= 0.6 is 34.8 Å². The molecule has 36 heavy (non-hydrogen) atoms. The summed E-state index contributed by atoms with van der Waals surface area (Å²) in [6, 6.07) is 16.9. The summed E-state index contributed by atoms with van der Waals surface area (Å²) in [7, 11) is 0. The van der Waals surface area contributed by atoms with Crippen molar-refractivity contribution in [3.63, 3.8) is 0 Å². The summed E-state index contributed by atoms with van der Waals surface area (Å²) in [6.07, 6.45) is 2.46. The van der Waals surface area contributed by atoms with E-state index in [0.29, 0.717) is 48.8 Å². The summed E-state index contributed by atoms with van der Waals surface area (Å²) in [5.41, 5.74) is 3.51. The molecule has 2 N–H and O–H groups in total. The predicted octanol–water partition coefficient (Wildman–Crippen LogP) is 8.38. The molecule has 0 radical (unpaired) electrons. The second kappa shape index (κ2) is 10.9. The van der Waals surface area contributed by atoms with Gasteiger partial charge in [-0.05, 0) is 47.0 Å². The Labute approximate surface area is 223 Å². The number of hydrogen-bond donors (Lipinski definition) is 2. The van der Waals surface area contributed by atoms with Crippen molar-refractivity contribution in [2.75, 3.05) is 0 Å². The number of carbonyl (C=O) groups is 1. The number of benzene rings is 3. The molecular formula is C28H22Cl3NO4. The fourth-order valence-electron chi connectivity index (χ4n) is 3.87. The second-order valence-electron chi connectivity index (χ2n) is 8.51. The molecule has 0 saturated carbocycles. The first-order chi connectivity index (χ1) is 17.2. The Morgan fingerprint density at radius 2 is 1.64 bits per heavy atom. The molecule has 0 aliphatic carbocycles. The van der Waals surface area contributed by atoms with Crippen molar-refractivity contribution >= 4 is 52.9 Å². The first kappa shape index (κ1) is 26.0. The molecule has 0 aliphatic heterocycles. The fourth-order valence-corrected chi connectivity index (χ4v) is 4.70. The van der Waals surface area contributed by atoms with Gasteiger partial charge in [-0.25, -0.2) is 4.79 Å². The van der Waals surface area contributed by atoms with Crippen LogP contribution in [0.1, 0.15) is 64.2 Å². The monoisotopic (exact) mass is 541 g/mol. The Morgan fingerprint density at radius 1 is 0.944 bits per heavy atom. The molecule has 3 aromatic carbocycles. The Bertz CT molecular complexity index is 1440. The number of aromatic nitrogens is 1. The smallest absolute Gasteiger partial charge is 0.335 e. The first-order valence-corrected chi connectivity index (χ1v) is 12.2. The Kier molecular flexibility index (Phi) is 7.86. The number of halogens is 3. The zero-order chi connectivity index (χ0) is 26.0. The summed E-state index contributed by atoms with van der Waals surface area (Å²) in [6.45, 7) is 3.88. The number of aliphatic hydroxyl groups excluding tert-OH is 1. The van der Waals surface area contributed by atoms with Gasteiger partial charge < -0.3 is 14.7 Å². The molecule has 0 spiro atoms. The average Bonchev–Trinajstić information content (AvgIpc) is 3.28. The summed E-state index contributed by atoms with van der Waals surface area (Å²) in [5.74, 6) is -0.531. The highest BCUT2D eigenvalue weighted by atomic mass is 35.5. The lowest BCUT2D eigenvalue weighted by atomic mass is 9.92. The van der Waals surface area contributed by atoms with Gasteiger partial charge in [0.25, 0.3) is 0 Å². The number of aromatic carboxylic acids is 1. The molecule has 0 fully saturated rings. The summed E-state index contributed by atoms with van der Waals surface area (Å²) >= 11 is 19.4. The number of rotatable bonds is 7. The molecule has 0 bridgehead atoms. The zero-order valence-corrected chi connectivity index (χ0v) is 21.6. The zero-order valence-electron chi connectivity index (χ0n) is 19.4. The van der Waals surface area contributed by atoms with Gasteiger partial charge in [0.05, 0.1) is 21.2 Å². The van der Waals surface area contributed by atoms with Crippen molar-refractivity contribution in [1.82, 2.24) is 5.16 Å². The maximum atomic E-state index is 11.4. The number of aliphatic hydroxyl groups is 1. The van der Waals surface area contributed by atoms with Crippen molar-refractivity contribution in [3.8, 4) is 11.3 Å². The topological polar surface area (TPSA) is 83.6 Å². The summed E-state index contributed by atoms with van der Waals surface area (Å²) in [5, 5.41) is 26.0. The molecule has 184 valence electrons. The van der Waals surface area contributed by atoms with Crippen LogP contribution in [0.2, 0.25) is 15.1 Å². The van der Waals surface area contributed by atoms with Crippen molar-refractivity contribution in [2.24, 2.45) is 0 Å². The lowest BCUT2D eigenvalue weighted by Gasteiger charge is -2.16. The van der Waals surface area contributed by atoms with E-state index in [9.17, 15) is 15.0 Å². The van der Waals surface area contributed by atoms with Gasteiger partial charge in [-0.1, -0.05) is 96.3 Å². The molecule has 4 aromatic rings. The van der Waals surface area contributed by atoms with Crippen molar-refractivity contribution in [2.45, 2.75) is 25.9 Å². The lowest BCUT2D eigenvalue weighted by molar-refractivity contribution is 0.0697. The fraction of sp³-hybridized carbons (Fsp3) is 0.143. The van der Waals surface area contributed by atoms with Crippen molar-refractivity contribution < 1.29 is 19.5 Å². The molecule has 0 saturated heterocycles. The van der Waals surface area contributed by atoms with Gasteiger partial charge in [0, 0.05) is 16.5 Å². The van der Waals surface area contributed by atoms with Crippen LogP contribution in [-0.4, -0.2) is 21.3 Å². The van der Waals surface area contributed by atoms with Crippen LogP contribution in [0.4, 0.5) is 0 Å².